The Labute approximate surface area is 291 Å². The average molecular weight is 690 g/mol. The van der Waals surface area contributed by atoms with E-state index in [-0.39, 0.29) is 19.1 Å². The molecule has 0 spiro atoms. The first-order chi connectivity index (χ1) is 22.5. The second-order valence-corrected chi connectivity index (χ2v) is 16.1. The molecule has 3 N–H and O–H groups in total. The number of nitrogens with one attached hydrogen (secondary N) is 1. The van der Waals surface area contributed by atoms with Gasteiger partial charge in [-0.25, -0.2) is 4.57 Å². The number of carbonyl (C=O) groups is 1. The number of aliphatic hydroxyl groups excluding tert-OH is 1. The normalized spacial score (nSPS) is 14.8. The Hall–Kier alpha value is -0.760. The van der Waals surface area contributed by atoms with Crippen molar-refractivity contribution in [2.24, 2.45) is 0 Å². The Morgan fingerprint density at radius 2 is 1.13 bits per heavy atom. The molecule has 1 amide bonds. The van der Waals surface area contributed by atoms with E-state index in [0.717, 1.165) is 38.5 Å². The van der Waals surface area contributed by atoms with E-state index in [1.165, 1.54) is 116 Å². The molecule has 0 aliphatic carbocycles. The zero-order valence-corrected chi connectivity index (χ0v) is 32.4. The summed E-state index contributed by atoms with van der Waals surface area (Å²) >= 11 is 0. The van der Waals surface area contributed by atoms with Crippen LogP contribution in [-0.2, 0) is 18.4 Å². The SMILES string of the molecule is CCCCCCCCCCCCCCCC/C=C/C(O)C(COP(=O)(O)OCC[N+](C)(C)C)NC(=O)CCCCCCCCCCC. The number of phosphoric acid groups is 1. The van der Waals surface area contributed by atoms with Crippen molar-refractivity contribution in [3.8, 4) is 0 Å². The van der Waals surface area contributed by atoms with E-state index < -0.39 is 20.0 Å². The molecule has 3 atom stereocenters. The number of amides is 1. The standard InChI is InChI=1S/C38H77N2O6P/c1-6-8-10-12-14-16-17-18-19-20-21-22-24-25-27-29-31-37(41)36(35-46-47(43,44)45-34-33-40(3,4)5)39-38(42)32-30-28-26-23-15-13-11-9-7-2/h29,31,36-37,41H,6-28,30,32-35H2,1-5H3,(H-,39,42,43,44)/p+1/b31-29+. The average Bonchev–Trinajstić information content (AvgIpc) is 3.01. The second-order valence-electron chi connectivity index (χ2n) is 14.7. The number of likely N-dealkylation sites (N-methyl/N-ethyl adjacent to an activating group) is 1. The van der Waals surface area contributed by atoms with Crippen LogP contribution >= 0.6 is 7.82 Å². The van der Waals surface area contributed by atoms with Crippen LogP contribution in [0.25, 0.3) is 0 Å². The van der Waals surface area contributed by atoms with Crippen LogP contribution in [0.2, 0.25) is 0 Å². The first-order valence-electron chi connectivity index (χ1n) is 19.6. The van der Waals surface area contributed by atoms with Crippen LogP contribution in [0.1, 0.15) is 174 Å². The summed E-state index contributed by atoms with van der Waals surface area (Å²) < 4.78 is 23.4. The van der Waals surface area contributed by atoms with Crippen molar-refractivity contribution in [1.29, 1.82) is 0 Å². The van der Waals surface area contributed by atoms with Crippen molar-refractivity contribution in [3.05, 3.63) is 12.2 Å². The number of hydrogen-bond donors (Lipinski definition) is 3. The molecule has 3 unspecified atom stereocenters. The third kappa shape index (κ3) is 33.5. The smallest absolute Gasteiger partial charge is 0.387 e. The van der Waals surface area contributed by atoms with Crippen molar-refractivity contribution in [2.45, 2.75) is 187 Å². The molecule has 0 saturated heterocycles. The number of hydrogen-bond acceptors (Lipinski definition) is 5. The maximum atomic E-state index is 12.7. The van der Waals surface area contributed by atoms with Gasteiger partial charge in [0, 0.05) is 6.42 Å². The monoisotopic (exact) mass is 690 g/mol. The molecular formula is C38H78N2O6P+. The summed E-state index contributed by atoms with van der Waals surface area (Å²) in [5, 5.41) is 13.7. The molecule has 0 aromatic heterocycles. The number of nitrogens with zero attached hydrogens (tertiary/aromatic N) is 1. The van der Waals surface area contributed by atoms with Crippen molar-refractivity contribution < 1.29 is 32.9 Å². The molecule has 0 heterocycles. The Morgan fingerprint density at radius 3 is 1.57 bits per heavy atom. The quantitative estimate of drug-likeness (QED) is 0.0265. The van der Waals surface area contributed by atoms with Gasteiger partial charge in [-0.1, -0.05) is 161 Å². The molecule has 9 heteroatoms. The van der Waals surface area contributed by atoms with Crippen LogP contribution in [0.5, 0.6) is 0 Å². The fraction of sp³-hybridized carbons (Fsp3) is 0.921. The maximum Gasteiger partial charge on any atom is 0.472 e. The van der Waals surface area contributed by atoms with E-state index in [0.29, 0.717) is 17.4 Å². The van der Waals surface area contributed by atoms with Crippen molar-refractivity contribution >= 4 is 13.7 Å². The molecule has 280 valence electrons. The minimum Gasteiger partial charge on any atom is -0.387 e. The van der Waals surface area contributed by atoms with Gasteiger partial charge in [0.2, 0.25) is 5.91 Å². The lowest BCUT2D eigenvalue weighted by molar-refractivity contribution is -0.870. The summed E-state index contributed by atoms with van der Waals surface area (Å²) in [4.78, 5) is 22.9. The van der Waals surface area contributed by atoms with E-state index in [1.807, 2.05) is 27.2 Å². The zero-order chi connectivity index (χ0) is 35.1. The van der Waals surface area contributed by atoms with Gasteiger partial charge in [-0.2, -0.15) is 0 Å². The van der Waals surface area contributed by atoms with Crippen LogP contribution in [-0.4, -0.2) is 73.4 Å². The van der Waals surface area contributed by atoms with Gasteiger partial charge in [0.25, 0.3) is 0 Å². The summed E-state index contributed by atoms with van der Waals surface area (Å²) in [5.74, 6) is -0.181. The fourth-order valence-corrected chi connectivity index (χ4v) is 6.31. The molecule has 0 aliphatic heterocycles. The lowest BCUT2D eigenvalue weighted by atomic mass is 10.0. The van der Waals surface area contributed by atoms with E-state index in [4.69, 9.17) is 9.05 Å². The summed E-state index contributed by atoms with van der Waals surface area (Å²) in [6.07, 6.45) is 32.7. The number of allylic oxidation sites excluding steroid dienone is 1. The molecule has 0 rings (SSSR count). The summed E-state index contributed by atoms with van der Waals surface area (Å²) in [5.41, 5.74) is 0. The van der Waals surface area contributed by atoms with Crippen molar-refractivity contribution in [1.82, 2.24) is 5.32 Å². The predicted molar refractivity (Wildman–Crippen MR) is 198 cm³/mol. The third-order valence-electron chi connectivity index (χ3n) is 8.76. The van der Waals surface area contributed by atoms with Gasteiger partial charge in [0.15, 0.2) is 0 Å². The maximum absolute atomic E-state index is 12.7. The van der Waals surface area contributed by atoms with Gasteiger partial charge in [-0.05, 0) is 19.3 Å². The fourth-order valence-electron chi connectivity index (χ4n) is 5.57. The van der Waals surface area contributed by atoms with Crippen molar-refractivity contribution in [3.63, 3.8) is 0 Å². The number of quaternary nitrogens is 1. The molecule has 8 nitrogen and oxygen atoms in total. The molecule has 0 aliphatic rings. The lowest BCUT2D eigenvalue weighted by Gasteiger charge is -2.25. The van der Waals surface area contributed by atoms with Crippen molar-refractivity contribution in [2.75, 3.05) is 40.9 Å². The first kappa shape index (κ1) is 46.2. The summed E-state index contributed by atoms with van der Waals surface area (Å²) in [6.45, 7) is 4.78. The Bertz CT molecular complexity index is 789. The molecule has 47 heavy (non-hydrogen) atoms. The minimum absolute atomic E-state index is 0.0640. The van der Waals surface area contributed by atoms with E-state index in [1.54, 1.807) is 6.08 Å². The minimum atomic E-state index is -4.32. The summed E-state index contributed by atoms with van der Waals surface area (Å²) in [7, 11) is 1.58. The van der Waals surface area contributed by atoms with Gasteiger partial charge in [-0.3, -0.25) is 13.8 Å². The van der Waals surface area contributed by atoms with Gasteiger partial charge < -0.3 is 19.8 Å². The molecule has 0 fully saturated rings. The number of aliphatic hydroxyl groups is 1. The number of phosphoric ester groups is 1. The highest BCUT2D eigenvalue weighted by Gasteiger charge is 2.27. The Kier molecular flexibility index (Phi) is 30.7. The highest BCUT2D eigenvalue weighted by molar-refractivity contribution is 7.47. The third-order valence-corrected chi connectivity index (χ3v) is 9.74. The lowest BCUT2D eigenvalue weighted by Crippen LogP contribution is -2.45. The van der Waals surface area contributed by atoms with Crippen LogP contribution in [0.4, 0.5) is 0 Å². The zero-order valence-electron chi connectivity index (χ0n) is 31.5. The largest absolute Gasteiger partial charge is 0.472 e. The predicted octanol–water partition coefficient (Wildman–Crippen LogP) is 10.0. The number of unbranched alkanes of at least 4 members (excludes halogenated alkanes) is 22. The van der Waals surface area contributed by atoms with E-state index in [9.17, 15) is 19.4 Å². The van der Waals surface area contributed by atoms with Crippen LogP contribution in [0.3, 0.4) is 0 Å². The Balaban J connectivity index is 4.47. The van der Waals surface area contributed by atoms with Gasteiger partial charge in [-0.15, -0.1) is 0 Å². The second kappa shape index (κ2) is 31.2. The molecule has 0 aromatic carbocycles. The first-order valence-corrected chi connectivity index (χ1v) is 21.1. The molecule has 0 aromatic rings. The number of carbonyl (C=O) groups excluding carboxylic acids is 1. The molecule has 0 radical (unpaired) electrons. The van der Waals surface area contributed by atoms with E-state index in [2.05, 4.69) is 19.2 Å². The molecule has 0 bridgehead atoms. The van der Waals surface area contributed by atoms with Crippen LogP contribution < -0.4 is 5.32 Å². The van der Waals surface area contributed by atoms with Gasteiger partial charge in [0.05, 0.1) is 39.9 Å². The van der Waals surface area contributed by atoms with Crippen LogP contribution in [0.15, 0.2) is 12.2 Å². The van der Waals surface area contributed by atoms with Gasteiger partial charge in [0.1, 0.15) is 13.2 Å². The van der Waals surface area contributed by atoms with Crippen LogP contribution in [0, 0.1) is 0 Å². The molecular weight excluding hydrogens is 611 g/mol. The highest BCUT2D eigenvalue weighted by Crippen LogP contribution is 2.43. The van der Waals surface area contributed by atoms with Gasteiger partial charge >= 0.3 is 7.82 Å². The number of rotatable bonds is 35. The topological polar surface area (TPSA) is 105 Å². The highest BCUT2D eigenvalue weighted by atomic mass is 31.2. The Morgan fingerprint density at radius 1 is 0.702 bits per heavy atom. The molecule has 0 saturated carbocycles. The summed E-state index contributed by atoms with van der Waals surface area (Å²) in [6, 6.07) is -0.837. The van der Waals surface area contributed by atoms with E-state index >= 15 is 0 Å².